The maximum Gasteiger partial charge on any atom is 0.279 e. The topological polar surface area (TPSA) is 80.9 Å². The van der Waals surface area contributed by atoms with Crippen LogP contribution < -0.4 is 30.4 Å². The number of rotatable bonds is 8. The predicted molar refractivity (Wildman–Crippen MR) is 124 cm³/mol. The Labute approximate surface area is 188 Å². The van der Waals surface area contributed by atoms with Gasteiger partial charge in [-0.2, -0.15) is 0 Å². The first-order valence-electron chi connectivity index (χ1n) is 10.3. The minimum Gasteiger partial charge on any atom is -0.493 e. The maximum atomic E-state index is 12.3. The van der Waals surface area contributed by atoms with Gasteiger partial charge >= 0.3 is 0 Å². The predicted octanol–water partition coefficient (Wildman–Crippen LogP) is 2.70. The molecule has 0 saturated carbocycles. The highest BCUT2D eigenvalue weighted by Gasteiger charge is 2.17. The lowest BCUT2D eigenvalue weighted by molar-refractivity contribution is -0.127. The molecule has 166 valence electrons. The summed E-state index contributed by atoms with van der Waals surface area (Å²) in [5, 5.41) is 3.39. The summed E-state index contributed by atoms with van der Waals surface area (Å²) in [6, 6.07) is 11.8. The smallest absolute Gasteiger partial charge is 0.279 e. The van der Waals surface area contributed by atoms with Gasteiger partial charge in [-0.15, -0.1) is 0 Å². The first-order chi connectivity index (χ1) is 15.0. The van der Waals surface area contributed by atoms with Crippen molar-refractivity contribution in [3.63, 3.8) is 0 Å². The highest BCUT2D eigenvalue weighted by molar-refractivity contribution is 7.80. The van der Waals surface area contributed by atoms with Crippen molar-refractivity contribution in [3.8, 4) is 17.2 Å². The van der Waals surface area contributed by atoms with Crippen molar-refractivity contribution in [1.29, 1.82) is 0 Å². The second kappa shape index (κ2) is 10.9. The van der Waals surface area contributed by atoms with Gasteiger partial charge in [-0.05, 0) is 85.8 Å². The molecule has 3 rings (SSSR count). The van der Waals surface area contributed by atoms with Gasteiger partial charge in [0.25, 0.3) is 5.91 Å². The van der Waals surface area contributed by atoms with E-state index >= 15 is 0 Å². The molecule has 0 heterocycles. The number of methoxy groups -OCH3 is 2. The first kappa shape index (κ1) is 22.7. The van der Waals surface area contributed by atoms with Gasteiger partial charge in [-0.3, -0.25) is 15.6 Å². The number of hydrogen-bond donors (Lipinski definition) is 3. The molecular weight excluding hydrogens is 414 g/mol. The molecule has 1 amide bonds. The molecule has 2 aromatic carbocycles. The van der Waals surface area contributed by atoms with E-state index in [4.69, 9.17) is 26.4 Å². The fraction of sp³-hybridized carbons (Fsp3) is 0.391. The molecular formula is C23H29N3O4S. The minimum atomic E-state index is -0.651. The molecule has 0 aliphatic heterocycles. The Morgan fingerprint density at radius 1 is 1.03 bits per heavy atom. The molecule has 1 aliphatic carbocycles. The Bertz CT molecular complexity index is 935. The van der Waals surface area contributed by atoms with Gasteiger partial charge in [0.1, 0.15) is 5.75 Å². The van der Waals surface area contributed by atoms with Crippen LogP contribution in [-0.4, -0.2) is 37.9 Å². The van der Waals surface area contributed by atoms with E-state index in [0.29, 0.717) is 28.9 Å². The van der Waals surface area contributed by atoms with Crippen LogP contribution in [0.2, 0.25) is 0 Å². The van der Waals surface area contributed by atoms with Crippen LogP contribution >= 0.6 is 12.2 Å². The average Bonchev–Trinajstić information content (AvgIpc) is 3.25. The van der Waals surface area contributed by atoms with Gasteiger partial charge in [0.05, 0.1) is 14.2 Å². The number of thiocarbonyl (C=S) groups is 1. The average molecular weight is 444 g/mol. The van der Waals surface area contributed by atoms with E-state index in [1.54, 1.807) is 21.1 Å². The quantitative estimate of drug-likeness (QED) is 0.428. The third kappa shape index (κ3) is 6.24. The van der Waals surface area contributed by atoms with Gasteiger partial charge < -0.3 is 19.5 Å². The van der Waals surface area contributed by atoms with Crippen LogP contribution in [0.15, 0.2) is 36.4 Å². The van der Waals surface area contributed by atoms with E-state index in [9.17, 15) is 4.79 Å². The van der Waals surface area contributed by atoms with Crippen molar-refractivity contribution in [2.45, 2.75) is 38.7 Å². The Kier molecular flexibility index (Phi) is 7.94. The van der Waals surface area contributed by atoms with Crippen LogP contribution in [0.1, 0.15) is 30.0 Å². The van der Waals surface area contributed by atoms with E-state index in [1.807, 2.05) is 30.3 Å². The Morgan fingerprint density at radius 2 is 1.81 bits per heavy atom. The normalized spacial score (nSPS) is 13.0. The van der Waals surface area contributed by atoms with Gasteiger partial charge in [-0.1, -0.05) is 12.1 Å². The highest BCUT2D eigenvalue weighted by Crippen LogP contribution is 2.28. The highest BCUT2D eigenvalue weighted by atomic mass is 32.1. The number of amides is 1. The summed E-state index contributed by atoms with van der Waals surface area (Å²) in [4.78, 5) is 12.3. The minimum absolute atomic E-state index is 0.301. The second-order valence-corrected chi connectivity index (χ2v) is 7.76. The second-order valence-electron chi connectivity index (χ2n) is 7.35. The fourth-order valence-electron chi connectivity index (χ4n) is 3.50. The molecule has 0 spiro atoms. The zero-order valence-electron chi connectivity index (χ0n) is 18.1. The van der Waals surface area contributed by atoms with Gasteiger partial charge in [0.15, 0.2) is 22.7 Å². The van der Waals surface area contributed by atoms with Crippen molar-refractivity contribution in [3.05, 3.63) is 53.1 Å². The number of hydrazine groups is 1. The summed E-state index contributed by atoms with van der Waals surface area (Å²) < 4.78 is 16.3. The largest absolute Gasteiger partial charge is 0.493 e. The summed E-state index contributed by atoms with van der Waals surface area (Å²) in [5.74, 6) is 1.78. The molecule has 1 aliphatic rings. The third-order valence-electron chi connectivity index (χ3n) is 5.20. The van der Waals surface area contributed by atoms with Gasteiger partial charge in [-0.25, -0.2) is 0 Å². The number of benzene rings is 2. The van der Waals surface area contributed by atoms with E-state index in [0.717, 1.165) is 24.8 Å². The molecule has 1 atom stereocenters. The Morgan fingerprint density at radius 3 is 2.58 bits per heavy atom. The molecule has 2 aromatic rings. The fourth-order valence-corrected chi connectivity index (χ4v) is 3.65. The molecule has 0 bridgehead atoms. The van der Waals surface area contributed by atoms with Crippen LogP contribution in [0.25, 0.3) is 0 Å². The van der Waals surface area contributed by atoms with E-state index < -0.39 is 6.10 Å². The van der Waals surface area contributed by atoms with Crippen LogP contribution in [0.3, 0.4) is 0 Å². The van der Waals surface area contributed by atoms with Crippen molar-refractivity contribution < 1.29 is 19.0 Å². The number of carbonyl (C=O) groups is 1. The molecule has 0 saturated heterocycles. The summed E-state index contributed by atoms with van der Waals surface area (Å²) in [5.41, 5.74) is 9.05. The van der Waals surface area contributed by atoms with Gasteiger partial charge in [0.2, 0.25) is 0 Å². The number of carbonyl (C=O) groups excluding carboxylic acids is 1. The van der Waals surface area contributed by atoms with E-state index in [1.165, 1.54) is 17.5 Å². The van der Waals surface area contributed by atoms with Crippen molar-refractivity contribution in [2.24, 2.45) is 0 Å². The van der Waals surface area contributed by atoms with Crippen LogP contribution in [0, 0.1) is 0 Å². The molecule has 8 heteroatoms. The molecule has 0 radical (unpaired) electrons. The van der Waals surface area contributed by atoms with Crippen molar-refractivity contribution >= 4 is 23.2 Å². The molecule has 7 nitrogen and oxygen atoms in total. The zero-order chi connectivity index (χ0) is 22.2. The van der Waals surface area contributed by atoms with E-state index in [-0.39, 0.29) is 5.91 Å². The van der Waals surface area contributed by atoms with Gasteiger partial charge in [0, 0.05) is 6.54 Å². The van der Waals surface area contributed by atoms with Crippen molar-refractivity contribution in [2.75, 3.05) is 20.8 Å². The van der Waals surface area contributed by atoms with E-state index in [2.05, 4.69) is 22.2 Å². The number of nitrogens with one attached hydrogen (secondary N) is 3. The Hall–Kier alpha value is -3.00. The molecule has 0 aromatic heterocycles. The Balaban J connectivity index is 1.38. The van der Waals surface area contributed by atoms with Crippen LogP contribution in [-0.2, 0) is 24.1 Å². The summed E-state index contributed by atoms with van der Waals surface area (Å²) in [7, 11) is 3.21. The number of ether oxygens (including phenoxy) is 3. The lowest BCUT2D eigenvalue weighted by Crippen LogP contribution is -2.50. The molecule has 3 N–H and O–H groups in total. The molecule has 1 unspecified atom stereocenters. The number of aryl methyl sites for hydroxylation is 2. The molecule has 0 fully saturated rings. The monoisotopic (exact) mass is 443 g/mol. The summed E-state index contributed by atoms with van der Waals surface area (Å²) in [6.45, 7) is 2.30. The maximum absolute atomic E-state index is 12.3. The standard InChI is InChI=1S/C23H29N3O4S/c1-15(30-19-9-8-17-5-4-6-18(17)14-19)22(27)25-26-23(31)24-12-11-16-7-10-20(28-2)21(13-16)29-3/h7-10,13-15H,4-6,11-12H2,1-3H3,(H,25,27)(H2,24,26,31). The SMILES string of the molecule is COc1ccc(CCNC(=S)NNC(=O)C(C)Oc2ccc3c(c2)CCC3)cc1OC. The third-order valence-corrected chi connectivity index (χ3v) is 5.44. The van der Waals surface area contributed by atoms with Crippen molar-refractivity contribution in [1.82, 2.24) is 16.2 Å². The lowest BCUT2D eigenvalue weighted by atomic mass is 10.1. The number of hydrogen-bond acceptors (Lipinski definition) is 5. The zero-order valence-corrected chi connectivity index (χ0v) is 18.9. The summed E-state index contributed by atoms with van der Waals surface area (Å²) >= 11 is 5.22. The first-order valence-corrected chi connectivity index (χ1v) is 10.7. The van der Waals surface area contributed by atoms with Crippen LogP contribution in [0.4, 0.5) is 0 Å². The summed E-state index contributed by atoms with van der Waals surface area (Å²) in [6.07, 6.45) is 3.44. The lowest BCUT2D eigenvalue weighted by Gasteiger charge is -2.17. The van der Waals surface area contributed by atoms with Crippen LogP contribution in [0.5, 0.6) is 17.2 Å². The number of fused-ring (bicyclic) bond motifs is 1. The molecule has 31 heavy (non-hydrogen) atoms.